The smallest absolute Gasteiger partial charge is 0.253 e. The van der Waals surface area contributed by atoms with Gasteiger partial charge in [0.05, 0.1) is 16.8 Å². The quantitative estimate of drug-likeness (QED) is 0.347. The molecule has 1 atom stereocenters. The Morgan fingerprint density at radius 1 is 1.20 bits per heavy atom. The van der Waals surface area contributed by atoms with Crippen LogP contribution in [0.5, 0.6) is 0 Å². The molecule has 1 saturated heterocycles. The molecule has 1 unspecified atom stereocenters. The molecule has 1 aliphatic heterocycles. The van der Waals surface area contributed by atoms with E-state index in [1.807, 2.05) is 26.0 Å². The Balaban J connectivity index is 1.56. The summed E-state index contributed by atoms with van der Waals surface area (Å²) in [5.74, 6) is -0.248. The number of nitrogens with zero attached hydrogens (tertiary/aromatic N) is 4. The van der Waals surface area contributed by atoms with Crippen molar-refractivity contribution in [3.8, 4) is 0 Å². The predicted molar refractivity (Wildman–Crippen MR) is 140 cm³/mol. The molecule has 0 spiro atoms. The summed E-state index contributed by atoms with van der Waals surface area (Å²) < 4.78 is 29.6. The van der Waals surface area contributed by atoms with E-state index in [2.05, 4.69) is 17.1 Å². The third-order valence-corrected chi connectivity index (χ3v) is 10.5. The molecule has 10 heteroatoms. The first-order chi connectivity index (χ1) is 16.8. The second-order valence-electron chi connectivity index (χ2n) is 8.77. The number of piperidine rings is 1. The highest BCUT2D eigenvalue weighted by Gasteiger charge is 2.40. The van der Waals surface area contributed by atoms with Gasteiger partial charge in [0.2, 0.25) is 5.91 Å². The van der Waals surface area contributed by atoms with Crippen LogP contribution in [0.25, 0.3) is 10.2 Å². The number of aromatic nitrogens is 2. The maximum absolute atomic E-state index is 14.1. The van der Waals surface area contributed by atoms with Crippen LogP contribution in [0.15, 0.2) is 58.4 Å². The Kier molecular flexibility index (Phi) is 6.71. The van der Waals surface area contributed by atoms with E-state index in [1.165, 1.54) is 27.0 Å². The minimum absolute atomic E-state index is 0.248. The molecule has 35 heavy (non-hydrogen) atoms. The molecule has 0 bridgehead atoms. The molecule has 0 radical (unpaired) electrons. The van der Waals surface area contributed by atoms with E-state index in [4.69, 9.17) is 4.98 Å². The van der Waals surface area contributed by atoms with Gasteiger partial charge in [-0.2, -0.15) is 4.31 Å². The lowest BCUT2D eigenvalue weighted by atomic mass is 10.0. The predicted octanol–water partition coefficient (Wildman–Crippen LogP) is 5.15. The van der Waals surface area contributed by atoms with E-state index in [0.717, 1.165) is 39.7 Å². The molecule has 1 aromatic carbocycles. The van der Waals surface area contributed by atoms with Gasteiger partial charge in [-0.05, 0) is 67.0 Å². The number of fused-ring (bicyclic) bond motifs is 1. The molecule has 182 valence electrons. The van der Waals surface area contributed by atoms with E-state index in [1.54, 1.807) is 34.8 Å². The molecule has 4 aromatic rings. The number of thiophene rings is 1. The van der Waals surface area contributed by atoms with Gasteiger partial charge in [0.1, 0.15) is 10.3 Å². The highest BCUT2D eigenvalue weighted by molar-refractivity contribution is 7.91. The molecule has 4 heterocycles. The minimum atomic E-state index is -3.76. The molecule has 7 nitrogen and oxygen atoms in total. The van der Waals surface area contributed by atoms with Crippen molar-refractivity contribution in [3.05, 3.63) is 70.9 Å². The first-order valence-electron chi connectivity index (χ1n) is 11.5. The molecular formula is C25H26N4O3S3. The van der Waals surface area contributed by atoms with E-state index in [-0.39, 0.29) is 16.7 Å². The monoisotopic (exact) mass is 526 g/mol. The van der Waals surface area contributed by atoms with Crippen LogP contribution >= 0.6 is 22.7 Å². The summed E-state index contributed by atoms with van der Waals surface area (Å²) in [6, 6.07) is 10.4. The number of hydrogen-bond donors (Lipinski definition) is 0. The highest BCUT2D eigenvalue weighted by Crippen LogP contribution is 2.35. The lowest BCUT2D eigenvalue weighted by molar-refractivity contribution is -0.123. The van der Waals surface area contributed by atoms with Crippen LogP contribution in [0.3, 0.4) is 0 Å². The van der Waals surface area contributed by atoms with Gasteiger partial charge >= 0.3 is 0 Å². The first kappa shape index (κ1) is 24.1. The zero-order valence-corrected chi connectivity index (χ0v) is 22.0. The Bertz CT molecular complexity index is 1450. The number of carbonyl (C=O) groups is 1. The Hall–Kier alpha value is -2.66. The molecule has 1 amide bonds. The van der Waals surface area contributed by atoms with Crippen LogP contribution < -0.4 is 4.90 Å². The third kappa shape index (κ3) is 4.75. The summed E-state index contributed by atoms with van der Waals surface area (Å²) in [5.41, 5.74) is 3.91. The van der Waals surface area contributed by atoms with Crippen molar-refractivity contribution >= 4 is 54.0 Å². The number of hydrogen-bond acceptors (Lipinski definition) is 7. The van der Waals surface area contributed by atoms with Crippen LogP contribution in [0.2, 0.25) is 0 Å². The Morgan fingerprint density at radius 3 is 2.80 bits per heavy atom. The van der Waals surface area contributed by atoms with E-state index < -0.39 is 16.1 Å². The largest absolute Gasteiger partial charge is 0.282 e. The number of carbonyl (C=O) groups excluding carboxylic acids is 1. The van der Waals surface area contributed by atoms with Gasteiger partial charge in [-0.1, -0.05) is 36.0 Å². The number of sulfonamides is 1. The summed E-state index contributed by atoms with van der Waals surface area (Å²) in [5, 5.41) is 2.31. The standard InChI is InChI=1S/C25H26N4O3S3/c1-17-13-18(2)23-21(14-17)34-25(27-23)28(16-19-7-5-10-26-15-19)24(30)20-8-3-4-11-29(20)35(31,32)22-9-6-12-33-22/h5-7,9-10,12-15,20H,3-4,8,11,16H2,1-2H3. The topological polar surface area (TPSA) is 83.5 Å². The molecule has 3 aromatic heterocycles. The maximum Gasteiger partial charge on any atom is 0.253 e. The van der Waals surface area contributed by atoms with Crippen molar-refractivity contribution in [2.75, 3.05) is 11.4 Å². The lowest BCUT2D eigenvalue weighted by Crippen LogP contribution is -2.52. The highest BCUT2D eigenvalue weighted by atomic mass is 32.2. The average molecular weight is 527 g/mol. The molecule has 0 saturated carbocycles. The van der Waals surface area contributed by atoms with Crippen LogP contribution in [0, 0.1) is 13.8 Å². The molecule has 1 aliphatic rings. The number of amides is 1. The van der Waals surface area contributed by atoms with Gasteiger partial charge in [-0.3, -0.25) is 14.7 Å². The second kappa shape index (κ2) is 9.77. The van der Waals surface area contributed by atoms with Crippen molar-refractivity contribution in [2.24, 2.45) is 0 Å². The molecular weight excluding hydrogens is 501 g/mol. The van der Waals surface area contributed by atoms with Crippen LogP contribution in [0.1, 0.15) is 36.0 Å². The lowest BCUT2D eigenvalue weighted by Gasteiger charge is -2.35. The van der Waals surface area contributed by atoms with Crippen molar-refractivity contribution in [2.45, 2.75) is 49.9 Å². The average Bonchev–Trinajstić information content (AvgIpc) is 3.54. The fourth-order valence-corrected chi connectivity index (χ4v) is 8.45. The third-order valence-electron chi connectivity index (χ3n) is 6.18. The van der Waals surface area contributed by atoms with Gasteiger partial charge in [-0.15, -0.1) is 11.3 Å². The van der Waals surface area contributed by atoms with Gasteiger partial charge in [-0.25, -0.2) is 13.4 Å². The van der Waals surface area contributed by atoms with Crippen molar-refractivity contribution in [1.29, 1.82) is 0 Å². The SMILES string of the molecule is Cc1cc(C)c2nc(N(Cc3cccnc3)C(=O)C3CCCCN3S(=O)(=O)c3cccs3)sc2c1. The summed E-state index contributed by atoms with van der Waals surface area (Å²) in [6.45, 7) is 4.66. The normalized spacial score (nSPS) is 17.0. The fraction of sp³-hybridized carbons (Fsp3) is 0.320. The van der Waals surface area contributed by atoms with Crippen molar-refractivity contribution < 1.29 is 13.2 Å². The minimum Gasteiger partial charge on any atom is -0.282 e. The number of anilines is 1. The zero-order valence-electron chi connectivity index (χ0n) is 19.5. The number of pyridine rings is 1. The number of aryl methyl sites for hydroxylation is 2. The zero-order chi connectivity index (χ0) is 24.6. The number of benzene rings is 1. The second-order valence-corrected chi connectivity index (χ2v) is 12.8. The van der Waals surface area contributed by atoms with E-state index in [9.17, 15) is 13.2 Å². The van der Waals surface area contributed by atoms with Crippen molar-refractivity contribution in [1.82, 2.24) is 14.3 Å². The number of rotatable bonds is 6. The van der Waals surface area contributed by atoms with Crippen LogP contribution in [-0.4, -0.2) is 41.2 Å². The Labute approximate surface area is 213 Å². The number of thiazole rings is 1. The molecule has 0 N–H and O–H groups in total. The van der Waals surface area contributed by atoms with E-state index in [0.29, 0.717) is 18.1 Å². The van der Waals surface area contributed by atoms with Gasteiger partial charge in [0, 0.05) is 18.9 Å². The van der Waals surface area contributed by atoms with Crippen molar-refractivity contribution in [3.63, 3.8) is 0 Å². The summed E-state index contributed by atoms with van der Waals surface area (Å²) >= 11 is 2.64. The van der Waals surface area contributed by atoms with Gasteiger partial charge in [0.15, 0.2) is 5.13 Å². The summed E-state index contributed by atoms with van der Waals surface area (Å²) in [7, 11) is -3.76. The van der Waals surface area contributed by atoms with Crippen LogP contribution in [-0.2, 0) is 21.4 Å². The maximum atomic E-state index is 14.1. The first-order valence-corrected chi connectivity index (χ1v) is 14.6. The fourth-order valence-electron chi connectivity index (χ4n) is 4.53. The Morgan fingerprint density at radius 2 is 2.06 bits per heavy atom. The van der Waals surface area contributed by atoms with Gasteiger partial charge in [0.25, 0.3) is 10.0 Å². The van der Waals surface area contributed by atoms with E-state index >= 15 is 0 Å². The molecule has 0 aliphatic carbocycles. The summed E-state index contributed by atoms with van der Waals surface area (Å²) in [6.07, 6.45) is 5.43. The van der Waals surface area contributed by atoms with Gasteiger partial charge < -0.3 is 0 Å². The molecule has 5 rings (SSSR count). The van der Waals surface area contributed by atoms with Crippen LogP contribution in [0.4, 0.5) is 5.13 Å². The summed E-state index contributed by atoms with van der Waals surface area (Å²) in [4.78, 5) is 24.8. The molecule has 1 fully saturated rings.